The maximum absolute atomic E-state index is 12.9. The van der Waals surface area contributed by atoms with Crippen molar-refractivity contribution >= 4 is 23.2 Å². The summed E-state index contributed by atoms with van der Waals surface area (Å²) in [5.74, 6) is -1.25. The second kappa shape index (κ2) is 4.28. The second-order valence-electron chi connectivity index (χ2n) is 7.34. The van der Waals surface area contributed by atoms with E-state index in [9.17, 15) is 14.4 Å². The number of ketones is 2. The number of fused-ring (bicyclic) bond motifs is 2. The van der Waals surface area contributed by atoms with Crippen molar-refractivity contribution in [1.82, 2.24) is 0 Å². The molecule has 1 aromatic rings. The number of benzene rings is 1. The number of amides is 1. The van der Waals surface area contributed by atoms with Gasteiger partial charge in [0.05, 0.1) is 0 Å². The van der Waals surface area contributed by atoms with Gasteiger partial charge in [0, 0.05) is 11.1 Å². The summed E-state index contributed by atoms with van der Waals surface area (Å²) in [5.41, 5.74) is -0.875. The SMILES string of the molecule is Cc1ccc(NC(=O)[C@]23CC[C@](C)(C(=O)C2=O)C3(C)C)cc1. The van der Waals surface area contributed by atoms with E-state index in [1.807, 2.05) is 52.0 Å². The van der Waals surface area contributed by atoms with Crippen molar-refractivity contribution in [2.75, 3.05) is 5.32 Å². The molecule has 2 atom stereocenters. The summed E-state index contributed by atoms with van der Waals surface area (Å²) in [5, 5.41) is 2.84. The van der Waals surface area contributed by atoms with Crippen molar-refractivity contribution in [2.24, 2.45) is 16.2 Å². The van der Waals surface area contributed by atoms with Crippen molar-refractivity contribution in [2.45, 2.75) is 40.5 Å². The highest BCUT2D eigenvalue weighted by Gasteiger charge is 2.77. The zero-order valence-corrected chi connectivity index (χ0v) is 13.4. The Morgan fingerprint density at radius 1 is 1.00 bits per heavy atom. The summed E-state index contributed by atoms with van der Waals surface area (Å²) >= 11 is 0. The topological polar surface area (TPSA) is 63.2 Å². The molecule has 2 saturated carbocycles. The number of aryl methyl sites for hydroxylation is 1. The summed E-state index contributed by atoms with van der Waals surface area (Å²) in [6.07, 6.45) is 1.03. The van der Waals surface area contributed by atoms with Crippen molar-refractivity contribution in [1.29, 1.82) is 0 Å². The molecule has 2 fully saturated rings. The number of anilines is 1. The largest absolute Gasteiger partial charge is 0.325 e. The fraction of sp³-hybridized carbons (Fsp3) is 0.500. The van der Waals surface area contributed by atoms with Gasteiger partial charge in [0.15, 0.2) is 0 Å². The smallest absolute Gasteiger partial charge is 0.239 e. The molecule has 4 nitrogen and oxygen atoms in total. The van der Waals surface area contributed by atoms with E-state index in [4.69, 9.17) is 0 Å². The number of carbonyl (C=O) groups excluding carboxylic acids is 3. The average Bonchev–Trinajstić information content (AvgIpc) is 2.74. The van der Waals surface area contributed by atoms with E-state index in [0.29, 0.717) is 18.5 Å². The zero-order valence-electron chi connectivity index (χ0n) is 13.4. The molecule has 2 bridgehead atoms. The van der Waals surface area contributed by atoms with E-state index in [-0.39, 0.29) is 11.7 Å². The van der Waals surface area contributed by atoms with Gasteiger partial charge in [0.1, 0.15) is 5.41 Å². The number of hydrogen-bond acceptors (Lipinski definition) is 3. The Bertz CT molecular complexity index is 689. The molecule has 1 N–H and O–H groups in total. The van der Waals surface area contributed by atoms with Gasteiger partial charge in [0.2, 0.25) is 17.5 Å². The minimum absolute atomic E-state index is 0.346. The summed E-state index contributed by atoms with van der Waals surface area (Å²) < 4.78 is 0. The predicted octanol–water partition coefficient (Wildman–Crippen LogP) is 2.90. The lowest BCUT2D eigenvalue weighted by Gasteiger charge is -2.37. The molecule has 22 heavy (non-hydrogen) atoms. The van der Waals surface area contributed by atoms with E-state index in [0.717, 1.165) is 5.56 Å². The molecule has 0 aliphatic heterocycles. The highest BCUT2D eigenvalue weighted by molar-refractivity contribution is 6.49. The van der Waals surface area contributed by atoms with E-state index in [1.54, 1.807) is 0 Å². The standard InChI is InChI=1S/C18H21NO3/c1-11-5-7-12(8-6-11)19-15(22)18-10-9-17(4,16(18,2)3)13(20)14(18)21/h5-8H,9-10H2,1-4H3,(H,19,22)/t17-,18+/m1/s1. The van der Waals surface area contributed by atoms with Crippen molar-refractivity contribution in [3.05, 3.63) is 29.8 Å². The van der Waals surface area contributed by atoms with Crippen LogP contribution in [0.4, 0.5) is 5.69 Å². The van der Waals surface area contributed by atoms with E-state index in [1.165, 1.54) is 0 Å². The quantitative estimate of drug-likeness (QED) is 0.674. The van der Waals surface area contributed by atoms with E-state index < -0.39 is 22.0 Å². The molecule has 2 aliphatic rings. The molecule has 0 spiro atoms. The van der Waals surface area contributed by atoms with Crippen LogP contribution < -0.4 is 5.32 Å². The van der Waals surface area contributed by atoms with Crippen molar-refractivity contribution in [3.63, 3.8) is 0 Å². The molecular weight excluding hydrogens is 278 g/mol. The molecular formula is C18H21NO3. The number of carbonyl (C=O) groups is 3. The highest BCUT2D eigenvalue weighted by Crippen LogP contribution is 2.69. The first-order chi connectivity index (χ1) is 10.2. The summed E-state index contributed by atoms with van der Waals surface area (Å²) in [6, 6.07) is 7.43. The van der Waals surface area contributed by atoms with Gasteiger partial charge >= 0.3 is 0 Å². The first kappa shape index (κ1) is 14.9. The highest BCUT2D eigenvalue weighted by atomic mass is 16.2. The van der Waals surface area contributed by atoms with Crippen LogP contribution in [-0.2, 0) is 14.4 Å². The normalized spacial score (nSPS) is 32.4. The first-order valence-corrected chi connectivity index (χ1v) is 7.64. The molecule has 3 rings (SSSR count). The van der Waals surface area contributed by atoms with Crippen LogP contribution in [-0.4, -0.2) is 17.5 Å². The third kappa shape index (κ3) is 1.50. The number of hydrogen-bond donors (Lipinski definition) is 1. The maximum atomic E-state index is 12.9. The number of Topliss-reactive ketones (excluding diaryl/α,β-unsaturated/α-hetero) is 2. The van der Waals surface area contributed by atoms with Crippen molar-refractivity contribution < 1.29 is 14.4 Å². The molecule has 0 heterocycles. The lowest BCUT2D eigenvalue weighted by molar-refractivity contribution is -0.147. The van der Waals surface area contributed by atoms with Crippen LogP contribution in [0.15, 0.2) is 24.3 Å². The Hall–Kier alpha value is -1.97. The van der Waals surface area contributed by atoms with Gasteiger partial charge in [-0.1, -0.05) is 38.5 Å². The third-order valence-electron chi connectivity index (χ3n) is 6.24. The number of rotatable bonds is 2. The van der Waals surface area contributed by atoms with Crippen LogP contribution in [0, 0.1) is 23.2 Å². The molecule has 0 unspecified atom stereocenters. The molecule has 0 aromatic heterocycles. The minimum atomic E-state index is -1.23. The Labute approximate surface area is 130 Å². The Morgan fingerprint density at radius 2 is 1.59 bits per heavy atom. The Kier molecular flexibility index (Phi) is 2.91. The summed E-state index contributed by atoms with van der Waals surface area (Å²) in [6.45, 7) is 7.53. The van der Waals surface area contributed by atoms with Gasteiger partial charge in [-0.3, -0.25) is 14.4 Å². The van der Waals surface area contributed by atoms with Crippen LogP contribution in [0.2, 0.25) is 0 Å². The summed E-state index contributed by atoms with van der Waals surface area (Å²) in [7, 11) is 0. The minimum Gasteiger partial charge on any atom is -0.325 e. The van der Waals surface area contributed by atoms with Crippen LogP contribution >= 0.6 is 0 Å². The molecule has 2 aliphatic carbocycles. The maximum Gasteiger partial charge on any atom is 0.239 e. The summed E-state index contributed by atoms with van der Waals surface area (Å²) in [4.78, 5) is 37.9. The van der Waals surface area contributed by atoms with E-state index >= 15 is 0 Å². The first-order valence-electron chi connectivity index (χ1n) is 7.64. The van der Waals surface area contributed by atoms with Gasteiger partial charge in [-0.05, 0) is 37.3 Å². The van der Waals surface area contributed by atoms with Crippen LogP contribution in [0.1, 0.15) is 39.2 Å². The van der Waals surface area contributed by atoms with Crippen LogP contribution in [0.5, 0.6) is 0 Å². The second-order valence-corrected chi connectivity index (χ2v) is 7.34. The number of nitrogens with one attached hydrogen (secondary N) is 1. The van der Waals surface area contributed by atoms with Crippen molar-refractivity contribution in [3.8, 4) is 0 Å². The van der Waals surface area contributed by atoms with Crippen LogP contribution in [0.25, 0.3) is 0 Å². The van der Waals surface area contributed by atoms with E-state index in [2.05, 4.69) is 5.32 Å². The average molecular weight is 299 g/mol. The van der Waals surface area contributed by atoms with Gasteiger partial charge in [-0.2, -0.15) is 0 Å². The monoisotopic (exact) mass is 299 g/mol. The Balaban J connectivity index is 1.99. The molecule has 1 aromatic carbocycles. The van der Waals surface area contributed by atoms with Gasteiger partial charge < -0.3 is 5.32 Å². The zero-order chi connectivity index (χ0) is 16.3. The molecule has 116 valence electrons. The fourth-order valence-electron chi connectivity index (χ4n) is 4.15. The lowest BCUT2D eigenvalue weighted by atomic mass is 9.64. The molecule has 4 heteroatoms. The lowest BCUT2D eigenvalue weighted by Crippen LogP contribution is -2.47. The molecule has 0 radical (unpaired) electrons. The fourth-order valence-corrected chi connectivity index (χ4v) is 4.15. The molecule has 1 amide bonds. The molecule has 0 saturated heterocycles. The Morgan fingerprint density at radius 3 is 2.09 bits per heavy atom. The third-order valence-corrected chi connectivity index (χ3v) is 6.24. The van der Waals surface area contributed by atoms with Crippen LogP contribution in [0.3, 0.4) is 0 Å². The van der Waals surface area contributed by atoms with Gasteiger partial charge in [-0.25, -0.2) is 0 Å². The van der Waals surface area contributed by atoms with Gasteiger partial charge in [0.25, 0.3) is 0 Å². The predicted molar refractivity (Wildman–Crippen MR) is 83.4 cm³/mol. The van der Waals surface area contributed by atoms with Gasteiger partial charge in [-0.15, -0.1) is 0 Å².